The second kappa shape index (κ2) is 6.04. The van der Waals surface area contributed by atoms with Crippen LogP contribution in [0.1, 0.15) is 16.7 Å². The topological polar surface area (TPSA) is 78.7 Å². The van der Waals surface area contributed by atoms with Gasteiger partial charge in [-0.25, -0.2) is 9.18 Å². The van der Waals surface area contributed by atoms with Crippen molar-refractivity contribution >= 4 is 5.69 Å². The summed E-state index contributed by atoms with van der Waals surface area (Å²) in [5, 5.41) is 7.76. The fraction of sp³-hybridized carbons (Fsp3) is 0.188. The van der Waals surface area contributed by atoms with E-state index in [1.165, 1.54) is 21.5 Å². The van der Waals surface area contributed by atoms with Crippen molar-refractivity contribution in [2.45, 2.75) is 20.0 Å². The monoisotopic (exact) mass is 313 g/mol. The minimum absolute atomic E-state index is 0.250. The van der Waals surface area contributed by atoms with Gasteiger partial charge in [-0.1, -0.05) is 24.3 Å². The molecule has 0 atom stereocenters. The Bertz CT molecular complexity index is 882. The molecule has 0 saturated carbocycles. The standard InChI is InChI=1S/C16H16FN5O/c1-11-8-13(4-7-15(11)18)10-22-16(23)21(19-20-22)9-12-2-5-14(17)6-3-12/h2-8H,9-10,18H2,1H3. The second-order valence-electron chi connectivity index (χ2n) is 5.39. The highest BCUT2D eigenvalue weighted by molar-refractivity contribution is 5.47. The van der Waals surface area contributed by atoms with E-state index in [2.05, 4.69) is 10.4 Å². The maximum absolute atomic E-state index is 12.9. The number of anilines is 1. The highest BCUT2D eigenvalue weighted by atomic mass is 19.1. The molecule has 3 rings (SSSR count). The number of halogens is 1. The molecule has 1 heterocycles. The number of aromatic nitrogens is 4. The number of nitrogens with two attached hydrogens (primary N) is 1. The van der Waals surface area contributed by atoms with Crippen molar-refractivity contribution in [3.63, 3.8) is 0 Å². The Balaban J connectivity index is 1.80. The van der Waals surface area contributed by atoms with Crippen molar-refractivity contribution in [3.8, 4) is 0 Å². The first-order chi connectivity index (χ1) is 11.0. The van der Waals surface area contributed by atoms with Gasteiger partial charge in [-0.2, -0.15) is 9.36 Å². The molecule has 0 unspecified atom stereocenters. The Morgan fingerprint density at radius 1 is 1.00 bits per heavy atom. The summed E-state index contributed by atoms with van der Waals surface area (Å²) in [4.78, 5) is 12.3. The molecular weight excluding hydrogens is 297 g/mol. The summed E-state index contributed by atoms with van der Waals surface area (Å²) in [6, 6.07) is 11.5. The van der Waals surface area contributed by atoms with E-state index in [4.69, 9.17) is 5.73 Å². The summed E-state index contributed by atoms with van der Waals surface area (Å²) in [6.07, 6.45) is 0. The van der Waals surface area contributed by atoms with Gasteiger partial charge >= 0.3 is 5.69 Å². The smallest absolute Gasteiger partial charge is 0.364 e. The predicted octanol–water partition coefficient (Wildman–Crippen LogP) is 1.57. The van der Waals surface area contributed by atoms with Crippen LogP contribution in [-0.2, 0) is 13.1 Å². The maximum atomic E-state index is 12.9. The zero-order chi connectivity index (χ0) is 16.4. The summed E-state index contributed by atoms with van der Waals surface area (Å²) in [6.45, 7) is 2.48. The first-order valence-electron chi connectivity index (χ1n) is 7.13. The van der Waals surface area contributed by atoms with E-state index in [1.54, 1.807) is 18.2 Å². The number of aryl methyl sites for hydroxylation is 1. The van der Waals surface area contributed by atoms with E-state index < -0.39 is 0 Å². The van der Waals surface area contributed by atoms with Gasteiger partial charge in [-0.05, 0) is 52.2 Å². The highest BCUT2D eigenvalue weighted by Crippen LogP contribution is 2.12. The predicted molar refractivity (Wildman–Crippen MR) is 84.5 cm³/mol. The molecule has 0 saturated heterocycles. The summed E-state index contributed by atoms with van der Waals surface area (Å²) >= 11 is 0. The van der Waals surface area contributed by atoms with Crippen molar-refractivity contribution in [1.29, 1.82) is 0 Å². The van der Waals surface area contributed by atoms with Crippen LogP contribution >= 0.6 is 0 Å². The molecule has 0 amide bonds. The van der Waals surface area contributed by atoms with E-state index in [0.717, 1.165) is 16.7 Å². The zero-order valence-electron chi connectivity index (χ0n) is 12.6. The molecule has 2 aromatic carbocycles. The molecule has 23 heavy (non-hydrogen) atoms. The fourth-order valence-electron chi connectivity index (χ4n) is 2.28. The Morgan fingerprint density at radius 2 is 1.57 bits per heavy atom. The van der Waals surface area contributed by atoms with E-state index in [1.807, 2.05) is 19.1 Å². The lowest BCUT2D eigenvalue weighted by atomic mass is 10.1. The van der Waals surface area contributed by atoms with Crippen LogP contribution in [0.15, 0.2) is 47.3 Å². The molecule has 1 aromatic heterocycles. The largest absolute Gasteiger partial charge is 0.399 e. The third kappa shape index (κ3) is 3.28. The molecule has 6 nitrogen and oxygen atoms in total. The van der Waals surface area contributed by atoms with E-state index >= 15 is 0 Å². The van der Waals surface area contributed by atoms with Gasteiger partial charge in [-0.15, -0.1) is 0 Å². The van der Waals surface area contributed by atoms with Crippen molar-refractivity contribution in [2.24, 2.45) is 0 Å². The van der Waals surface area contributed by atoms with Crippen LogP contribution in [0.5, 0.6) is 0 Å². The lowest BCUT2D eigenvalue weighted by Gasteiger charge is -2.04. The van der Waals surface area contributed by atoms with E-state index in [9.17, 15) is 9.18 Å². The van der Waals surface area contributed by atoms with Gasteiger partial charge in [-0.3, -0.25) is 0 Å². The molecule has 0 aliphatic carbocycles. The number of hydrogen-bond acceptors (Lipinski definition) is 4. The van der Waals surface area contributed by atoms with Gasteiger partial charge < -0.3 is 5.73 Å². The van der Waals surface area contributed by atoms with Crippen LogP contribution in [0.3, 0.4) is 0 Å². The average Bonchev–Trinajstić information content (AvgIpc) is 2.86. The first-order valence-corrected chi connectivity index (χ1v) is 7.13. The molecule has 0 fully saturated rings. The second-order valence-corrected chi connectivity index (χ2v) is 5.39. The van der Waals surface area contributed by atoms with Crippen molar-refractivity contribution in [2.75, 3.05) is 5.73 Å². The number of rotatable bonds is 4. The van der Waals surface area contributed by atoms with Gasteiger partial charge in [0.1, 0.15) is 5.82 Å². The van der Waals surface area contributed by atoms with Gasteiger partial charge in [0.2, 0.25) is 0 Å². The number of nitrogens with zero attached hydrogens (tertiary/aromatic N) is 4. The minimum atomic E-state index is -0.316. The molecule has 0 spiro atoms. The molecule has 0 aliphatic heterocycles. The molecule has 2 N–H and O–H groups in total. The van der Waals surface area contributed by atoms with Gasteiger partial charge in [0, 0.05) is 5.69 Å². The number of hydrogen-bond donors (Lipinski definition) is 1. The normalized spacial score (nSPS) is 10.9. The highest BCUT2D eigenvalue weighted by Gasteiger charge is 2.08. The molecule has 0 aliphatic rings. The van der Waals surface area contributed by atoms with Crippen LogP contribution in [0.2, 0.25) is 0 Å². The average molecular weight is 313 g/mol. The van der Waals surface area contributed by atoms with Gasteiger partial charge in [0.05, 0.1) is 13.1 Å². The Hall–Kier alpha value is -2.96. The van der Waals surface area contributed by atoms with Crippen LogP contribution in [-0.4, -0.2) is 19.8 Å². The third-order valence-electron chi connectivity index (χ3n) is 3.61. The summed E-state index contributed by atoms with van der Waals surface area (Å²) in [7, 11) is 0. The van der Waals surface area contributed by atoms with Crippen molar-refractivity contribution in [1.82, 2.24) is 19.8 Å². The lowest BCUT2D eigenvalue weighted by molar-refractivity contribution is 0.616. The molecular formula is C16H16FN5O. The third-order valence-corrected chi connectivity index (χ3v) is 3.61. The fourth-order valence-corrected chi connectivity index (χ4v) is 2.28. The van der Waals surface area contributed by atoms with Crippen LogP contribution in [0.4, 0.5) is 10.1 Å². The first kappa shape index (κ1) is 15.0. The Kier molecular flexibility index (Phi) is 3.92. The van der Waals surface area contributed by atoms with Crippen molar-refractivity contribution < 1.29 is 4.39 Å². The zero-order valence-corrected chi connectivity index (χ0v) is 12.6. The quantitative estimate of drug-likeness (QED) is 0.742. The molecule has 118 valence electrons. The number of benzene rings is 2. The van der Waals surface area contributed by atoms with E-state index in [-0.39, 0.29) is 18.1 Å². The maximum Gasteiger partial charge on any atom is 0.364 e. The van der Waals surface area contributed by atoms with E-state index in [0.29, 0.717) is 12.2 Å². The minimum Gasteiger partial charge on any atom is -0.399 e. The Morgan fingerprint density at radius 3 is 2.17 bits per heavy atom. The van der Waals surface area contributed by atoms with Crippen molar-refractivity contribution in [3.05, 3.63) is 75.5 Å². The molecule has 0 radical (unpaired) electrons. The summed E-state index contributed by atoms with van der Waals surface area (Å²) in [5.41, 5.74) is 8.84. The number of nitrogen functional groups attached to an aromatic ring is 1. The molecule has 3 aromatic rings. The van der Waals surface area contributed by atoms with Gasteiger partial charge in [0.25, 0.3) is 0 Å². The molecule has 7 heteroatoms. The van der Waals surface area contributed by atoms with Crippen LogP contribution < -0.4 is 11.4 Å². The molecule has 0 bridgehead atoms. The van der Waals surface area contributed by atoms with Crippen LogP contribution in [0.25, 0.3) is 0 Å². The SMILES string of the molecule is Cc1cc(Cn2nnn(Cc3ccc(F)cc3)c2=O)ccc1N. The number of tetrazole rings is 1. The lowest BCUT2D eigenvalue weighted by Crippen LogP contribution is -2.26. The Labute approximate surface area is 132 Å². The van der Waals surface area contributed by atoms with Gasteiger partial charge in [0.15, 0.2) is 0 Å². The van der Waals surface area contributed by atoms with Crippen LogP contribution in [0, 0.1) is 12.7 Å². The summed E-state index contributed by atoms with van der Waals surface area (Å²) < 4.78 is 15.4. The summed E-state index contributed by atoms with van der Waals surface area (Å²) in [5.74, 6) is -0.316.